The summed E-state index contributed by atoms with van der Waals surface area (Å²) in [5.74, 6) is -0.467. The fourth-order valence-electron chi connectivity index (χ4n) is 3.56. The highest BCUT2D eigenvalue weighted by Gasteiger charge is 2.45. The number of nitrogens with zero attached hydrogens (tertiary/aromatic N) is 3. The Bertz CT molecular complexity index is 1390. The second-order valence-electron chi connectivity index (χ2n) is 6.61. The van der Waals surface area contributed by atoms with E-state index in [2.05, 4.69) is 9.97 Å². The van der Waals surface area contributed by atoms with Crippen LogP contribution in [0.4, 0.5) is 5.95 Å². The lowest BCUT2D eigenvalue weighted by atomic mass is 9.98. The maximum atomic E-state index is 13.4. The molecule has 1 amide bonds. The molecule has 30 heavy (non-hydrogen) atoms. The molecule has 1 aliphatic rings. The molecule has 0 radical (unpaired) electrons. The first-order valence-corrected chi connectivity index (χ1v) is 9.91. The Morgan fingerprint density at radius 1 is 0.933 bits per heavy atom. The van der Waals surface area contributed by atoms with Crippen molar-refractivity contribution in [2.45, 2.75) is 6.04 Å². The van der Waals surface area contributed by atoms with Crippen LogP contribution in [-0.4, -0.2) is 15.9 Å². The van der Waals surface area contributed by atoms with E-state index in [1.807, 2.05) is 0 Å². The largest absolute Gasteiger partial charge is 0.450 e. The number of fused-ring (bicyclic) bond motifs is 2. The van der Waals surface area contributed by atoms with Gasteiger partial charge >= 0.3 is 0 Å². The summed E-state index contributed by atoms with van der Waals surface area (Å²) in [6.45, 7) is 0. The van der Waals surface area contributed by atoms with E-state index in [1.54, 1.807) is 36.4 Å². The third-order valence-corrected chi connectivity index (χ3v) is 5.83. The number of amides is 1. The number of benzene rings is 2. The third kappa shape index (κ3) is 2.88. The molecule has 4 aromatic rings. The molecule has 0 aliphatic carbocycles. The van der Waals surface area contributed by atoms with Gasteiger partial charge in [0.25, 0.3) is 5.91 Å². The molecular weight excluding hydrogens is 449 g/mol. The molecule has 1 atom stereocenters. The average molecular weight is 459 g/mol. The van der Waals surface area contributed by atoms with E-state index < -0.39 is 11.9 Å². The Kier molecular flexibility index (Phi) is 4.50. The van der Waals surface area contributed by atoms with Crippen LogP contribution in [0.2, 0.25) is 15.1 Å². The molecule has 0 N–H and O–H groups in total. The maximum absolute atomic E-state index is 13.4. The molecule has 9 heteroatoms. The highest BCUT2D eigenvalue weighted by Crippen LogP contribution is 2.41. The number of halogens is 3. The van der Waals surface area contributed by atoms with Crippen molar-refractivity contribution in [3.63, 3.8) is 0 Å². The van der Waals surface area contributed by atoms with Crippen LogP contribution in [0, 0.1) is 0 Å². The molecule has 2 aromatic carbocycles. The molecule has 0 saturated carbocycles. The number of anilines is 1. The van der Waals surface area contributed by atoms with Gasteiger partial charge in [-0.2, -0.15) is 0 Å². The predicted octanol–water partition coefficient (Wildman–Crippen LogP) is 5.29. The van der Waals surface area contributed by atoms with E-state index in [9.17, 15) is 9.59 Å². The number of hydrogen-bond donors (Lipinski definition) is 0. The summed E-state index contributed by atoms with van der Waals surface area (Å²) in [5.41, 5.74) is 0.634. The van der Waals surface area contributed by atoms with Crippen molar-refractivity contribution in [3.05, 3.63) is 97.0 Å². The Hall–Kier alpha value is -2.93. The summed E-state index contributed by atoms with van der Waals surface area (Å²) in [6, 6.07) is 10.4. The average Bonchev–Trinajstić information content (AvgIpc) is 3.04. The van der Waals surface area contributed by atoms with Gasteiger partial charge < -0.3 is 4.42 Å². The van der Waals surface area contributed by atoms with Crippen LogP contribution in [0.3, 0.4) is 0 Å². The smallest absolute Gasteiger partial charge is 0.297 e. The van der Waals surface area contributed by atoms with E-state index in [1.165, 1.54) is 23.4 Å². The lowest BCUT2D eigenvalue weighted by Gasteiger charge is -2.23. The van der Waals surface area contributed by atoms with E-state index in [-0.39, 0.29) is 38.7 Å². The fourth-order valence-corrected chi connectivity index (χ4v) is 4.04. The molecule has 0 saturated heterocycles. The second kappa shape index (κ2) is 7.09. The van der Waals surface area contributed by atoms with Gasteiger partial charge in [-0.25, -0.2) is 9.97 Å². The highest BCUT2D eigenvalue weighted by molar-refractivity contribution is 6.42. The SMILES string of the molecule is O=C1c2oc3ccc(Cl)cc3c(=O)c2C(c2ccc(Cl)c(Cl)c2)N1c1ncccn1. The first-order chi connectivity index (χ1) is 14.5. The monoisotopic (exact) mass is 457 g/mol. The number of carbonyl (C=O) groups excluding carboxylic acids is 1. The Labute approximate surface area is 184 Å². The van der Waals surface area contributed by atoms with Gasteiger partial charge in [0.15, 0.2) is 5.43 Å². The molecule has 1 aliphatic heterocycles. The number of carbonyl (C=O) groups is 1. The minimum Gasteiger partial charge on any atom is -0.450 e. The van der Waals surface area contributed by atoms with Crippen molar-refractivity contribution in [1.29, 1.82) is 0 Å². The molecule has 5 rings (SSSR count). The van der Waals surface area contributed by atoms with Crippen LogP contribution in [0.1, 0.15) is 27.7 Å². The lowest BCUT2D eigenvalue weighted by Crippen LogP contribution is -2.31. The van der Waals surface area contributed by atoms with Gasteiger partial charge in [-0.15, -0.1) is 0 Å². The lowest BCUT2D eigenvalue weighted by molar-refractivity contribution is 0.0969. The quantitative estimate of drug-likeness (QED) is 0.408. The van der Waals surface area contributed by atoms with E-state index in [4.69, 9.17) is 39.2 Å². The van der Waals surface area contributed by atoms with Gasteiger partial charge in [-0.1, -0.05) is 40.9 Å². The topological polar surface area (TPSA) is 76.3 Å². The Balaban J connectivity index is 1.84. The Morgan fingerprint density at radius 3 is 2.43 bits per heavy atom. The van der Waals surface area contributed by atoms with Crippen molar-refractivity contribution >= 4 is 57.6 Å². The van der Waals surface area contributed by atoms with E-state index in [0.717, 1.165) is 0 Å². The molecule has 2 aromatic heterocycles. The van der Waals surface area contributed by atoms with Gasteiger partial charge in [0.05, 0.1) is 27.0 Å². The van der Waals surface area contributed by atoms with Gasteiger partial charge in [0.2, 0.25) is 11.7 Å². The van der Waals surface area contributed by atoms with Gasteiger partial charge in [0, 0.05) is 17.4 Å². The molecule has 3 heterocycles. The van der Waals surface area contributed by atoms with Crippen LogP contribution < -0.4 is 10.3 Å². The molecule has 0 bridgehead atoms. The maximum Gasteiger partial charge on any atom is 0.297 e. The van der Waals surface area contributed by atoms with Crippen LogP contribution in [0.25, 0.3) is 11.0 Å². The molecular formula is C21H10Cl3N3O3. The first-order valence-electron chi connectivity index (χ1n) is 8.77. The zero-order valence-corrected chi connectivity index (χ0v) is 17.2. The fraction of sp³-hybridized carbons (Fsp3) is 0.0476. The van der Waals surface area contributed by atoms with Gasteiger partial charge in [0.1, 0.15) is 5.58 Å². The number of rotatable bonds is 2. The Morgan fingerprint density at radius 2 is 1.70 bits per heavy atom. The van der Waals surface area contributed by atoms with Crippen LogP contribution in [-0.2, 0) is 0 Å². The molecule has 6 nitrogen and oxygen atoms in total. The van der Waals surface area contributed by atoms with Crippen LogP contribution >= 0.6 is 34.8 Å². The molecule has 0 fully saturated rings. The molecule has 0 spiro atoms. The highest BCUT2D eigenvalue weighted by atomic mass is 35.5. The molecule has 148 valence electrons. The minimum absolute atomic E-state index is 0.0710. The van der Waals surface area contributed by atoms with Crippen molar-refractivity contribution in [3.8, 4) is 0 Å². The van der Waals surface area contributed by atoms with Gasteiger partial charge in [-0.05, 0) is 42.0 Å². The summed E-state index contributed by atoms with van der Waals surface area (Å²) < 4.78 is 5.85. The standard InChI is InChI=1S/C21H10Cl3N3O3/c22-11-3-5-15-12(9-11)18(28)16-17(10-2-4-13(23)14(24)8-10)27(20(29)19(16)30-15)21-25-6-1-7-26-21/h1-9,17H. The van der Waals surface area contributed by atoms with E-state index >= 15 is 0 Å². The van der Waals surface area contributed by atoms with Crippen LogP contribution in [0.5, 0.6) is 0 Å². The van der Waals surface area contributed by atoms with E-state index in [0.29, 0.717) is 15.6 Å². The summed E-state index contributed by atoms with van der Waals surface area (Å²) in [4.78, 5) is 36.5. The molecule has 1 unspecified atom stereocenters. The minimum atomic E-state index is -0.843. The zero-order valence-electron chi connectivity index (χ0n) is 15.0. The second-order valence-corrected chi connectivity index (χ2v) is 7.87. The summed E-state index contributed by atoms with van der Waals surface area (Å²) in [7, 11) is 0. The van der Waals surface area contributed by atoms with Crippen molar-refractivity contribution in [2.24, 2.45) is 0 Å². The third-order valence-electron chi connectivity index (χ3n) is 4.86. The van der Waals surface area contributed by atoms with Crippen LogP contribution in [0.15, 0.2) is 64.1 Å². The van der Waals surface area contributed by atoms with Crippen molar-refractivity contribution < 1.29 is 9.21 Å². The summed E-state index contributed by atoms with van der Waals surface area (Å²) in [5, 5.41) is 1.30. The zero-order chi connectivity index (χ0) is 21.0. The summed E-state index contributed by atoms with van der Waals surface area (Å²) in [6.07, 6.45) is 3.02. The van der Waals surface area contributed by atoms with Crippen molar-refractivity contribution in [2.75, 3.05) is 4.90 Å². The summed E-state index contributed by atoms with van der Waals surface area (Å²) >= 11 is 18.4. The van der Waals surface area contributed by atoms with Gasteiger partial charge in [-0.3, -0.25) is 14.5 Å². The van der Waals surface area contributed by atoms with Crippen molar-refractivity contribution in [1.82, 2.24) is 9.97 Å². The number of hydrogen-bond acceptors (Lipinski definition) is 5. The first kappa shape index (κ1) is 19.1. The predicted molar refractivity (Wildman–Crippen MR) is 115 cm³/mol. The number of aromatic nitrogens is 2. The normalized spacial score (nSPS) is 15.6.